The van der Waals surface area contributed by atoms with E-state index >= 15 is 0 Å². The van der Waals surface area contributed by atoms with Crippen LogP contribution >= 0.6 is 0 Å². The number of nitrogens with zero attached hydrogens (tertiary/aromatic N) is 1. The fourth-order valence-corrected chi connectivity index (χ4v) is 1.40. The van der Waals surface area contributed by atoms with Gasteiger partial charge < -0.3 is 16.3 Å². The minimum atomic E-state index is -0.974. The molecule has 1 amide bonds. The van der Waals surface area contributed by atoms with Crippen LogP contribution < -0.4 is 11.1 Å². The molecule has 1 aromatic carbocycles. The number of amidine groups is 1. The number of halogens is 1. The van der Waals surface area contributed by atoms with E-state index in [0.717, 1.165) is 6.07 Å². The highest BCUT2D eigenvalue weighted by atomic mass is 19.1. The Morgan fingerprint density at radius 3 is 2.78 bits per heavy atom. The summed E-state index contributed by atoms with van der Waals surface area (Å²) in [7, 11) is 0. The number of amides is 1. The molecule has 4 N–H and O–H groups in total. The van der Waals surface area contributed by atoms with Gasteiger partial charge in [0.05, 0.1) is 5.54 Å². The van der Waals surface area contributed by atoms with Crippen LogP contribution in [-0.4, -0.2) is 22.5 Å². The van der Waals surface area contributed by atoms with Crippen LogP contribution in [0.3, 0.4) is 0 Å². The zero-order valence-electron chi connectivity index (χ0n) is 10.3. The molecule has 1 rings (SSSR count). The average Bonchev–Trinajstić information content (AvgIpc) is 2.37. The number of benzene rings is 1. The van der Waals surface area contributed by atoms with Crippen molar-refractivity contribution in [1.29, 1.82) is 0 Å². The first-order valence-electron chi connectivity index (χ1n) is 5.49. The number of carbonyl (C=O) groups is 1. The van der Waals surface area contributed by atoms with Crippen molar-refractivity contribution in [1.82, 2.24) is 5.32 Å². The molecule has 0 saturated heterocycles. The number of oxime groups is 1. The second kappa shape index (κ2) is 5.48. The molecule has 0 fully saturated rings. The molecule has 0 heterocycles. The van der Waals surface area contributed by atoms with Crippen molar-refractivity contribution in [3.63, 3.8) is 0 Å². The van der Waals surface area contributed by atoms with E-state index in [2.05, 4.69) is 10.5 Å². The van der Waals surface area contributed by atoms with E-state index in [1.54, 1.807) is 13.8 Å². The zero-order valence-corrected chi connectivity index (χ0v) is 10.3. The van der Waals surface area contributed by atoms with E-state index in [4.69, 9.17) is 10.9 Å². The number of rotatable bonds is 4. The molecule has 0 saturated carbocycles. The normalized spacial score (nSPS) is 14.9. The second-order valence-corrected chi connectivity index (χ2v) is 4.14. The Hall–Kier alpha value is -2.11. The third-order valence-electron chi connectivity index (χ3n) is 2.86. The number of nitrogens with two attached hydrogens (primary N) is 1. The SMILES string of the molecule is CCC(C)(NC(=O)c1cccc(F)c1)/C(N)=N/O. The predicted molar refractivity (Wildman–Crippen MR) is 66.0 cm³/mol. The Morgan fingerprint density at radius 1 is 1.61 bits per heavy atom. The molecule has 0 aliphatic heterocycles. The summed E-state index contributed by atoms with van der Waals surface area (Å²) in [5.74, 6) is -1.08. The predicted octanol–water partition coefficient (Wildman–Crippen LogP) is 1.47. The Kier molecular flexibility index (Phi) is 4.25. The molecule has 18 heavy (non-hydrogen) atoms. The van der Waals surface area contributed by atoms with Crippen molar-refractivity contribution < 1.29 is 14.4 Å². The van der Waals surface area contributed by atoms with Gasteiger partial charge in [0.25, 0.3) is 5.91 Å². The van der Waals surface area contributed by atoms with Gasteiger partial charge in [0.15, 0.2) is 5.84 Å². The van der Waals surface area contributed by atoms with E-state index in [-0.39, 0.29) is 11.4 Å². The van der Waals surface area contributed by atoms with Crippen molar-refractivity contribution in [2.45, 2.75) is 25.8 Å². The maximum atomic E-state index is 13.0. The maximum Gasteiger partial charge on any atom is 0.252 e. The molecule has 0 bridgehead atoms. The molecule has 0 spiro atoms. The van der Waals surface area contributed by atoms with Gasteiger partial charge >= 0.3 is 0 Å². The van der Waals surface area contributed by atoms with Crippen molar-refractivity contribution in [3.8, 4) is 0 Å². The third-order valence-corrected chi connectivity index (χ3v) is 2.86. The molecule has 0 aliphatic carbocycles. The first-order chi connectivity index (χ1) is 8.42. The van der Waals surface area contributed by atoms with Gasteiger partial charge in [-0.2, -0.15) is 0 Å². The molecule has 0 radical (unpaired) electrons. The van der Waals surface area contributed by atoms with Gasteiger partial charge in [-0.05, 0) is 31.5 Å². The number of hydrogen-bond donors (Lipinski definition) is 3. The van der Waals surface area contributed by atoms with E-state index in [1.807, 2.05) is 0 Å². The van der Waals surface area contributed by atoms with E-state index in [9.17, 15) is 9.18 Å². The molecule has 6 heteroatoms. The lowest BCUT2D eigenvalue weighted by molar-refractivity contribution is 0.0924. The summed E-state index contributed by atoms with van der Waals surface area (Å²) in [6.45, 7) is 3.41. The molecule has 0 aliphatic rings. The first kappa shape index (κ1) is 14.0. The minimum Gasteiger partial charge on any atom is -0.409 e. The van der Waals surface area contributed by atoms with Crippen LogP contribution in [0.1, 0.15) is 30.6 Å². The maximum absolute atomic E-state index is 13.0. The van der Waals surface area contributed by atoms with Crippen LogP contribution in [-0.2, 0) is 0 Å². The molecule has 98 valence electrons. The second-order valence-electron chi connectivity index (χ2n) is 4.14. The quantitative estimate of drug-likeness (QED) is 0.328. The Morgan fingerprint density at radius 2 is 2.28 bits per heavy atom. The van der Waals surface area contributed by atoms with Gasteiger partial charge in [-0.15, -0.1) is 0 Å². The summed E-state index contributed by atoms with van der Waals surface area (Å²) < 4.78 is 13.0. The smallest absolute Gasteiger partial charge is 0.252 e. The molecule has 0 aromatic heterocycles. The highest BCUT2D eigenvalue weighted by molar-refractivity contribution is 6.00. The molecule has 1 aromatic rings. The van der Waals surface area contributed by atoms with Crippen LogP contribution in [0.15, 0.2) is 29.4 Å². The number of hydrogen-bond acceptors (Lipinski definition) is 3. The summed E-state index contributed by atoms with van der Waals surface area (Å²) in [5, 5.41) is 14.2. The fraction of sp³-hybridized carbons (Fsp3) is 0.333. The standard InChI is InChI=1S/C12H16FN3O2/c1-3-12(2,11(14)16-18)15-10(17)8-5-4-6-9(13)7-8/h4-7,18H,3H2,1-2H3,(H2,14,16)(H,15,17). The minimum absolute atomic E-state index is 0.102. The molecular formula is C12H16FN3O2. The van der Waals surface area contributed by atoms with Crippen molar-refractivity contribution in [3.05, 3.63) is 35.6 Å². The first-order valence-corrected chi connectivity index (χ1v) is 5.49. The van der Waals surface area contributed by atoms with E-state index < -0.39 is 17.3 Å². The monoisotopic (exact) mass is 253 g/mol. The van der Waals surface area contributed by atoms with Crippen LogP contribution in [0.4, 0.5) is 4.39 Å². The average molecular weight is 253 g/mol. The van der Waals surface area contributed by atoms with Gasteiger partial charge in [0.2, 0.25) is 0 Å². The van der Waals surface area contributed by atoms with Gasteiger partial charge in [-0.1, -0.05) is 18.1 Å². The Labute approximate surface area is 104 Å². The molecular weight excluding hydrogens is 237 g/mol. The van der Waals surface area contributed by atoms with Crippen molar-refractivity contribution >= 4 is 11.7 Å². The van der Waals surface area contributed by atoms with Gasteiger partial charge in [-0.3, -0.25) is 4.79 Å². The van der Waals surface area contributed by atoms with E-state index in [1.165, 1.54) is 18.2 Å². The third kappa shape index (κ3) is 2.97. The molecule has 1 unspecified atom stereocenters. The van der Waals surface area contributed by atoms with Crippen molar-refractivity contribution in [2.24, 2.45) is 10.9 Å². The summed E-state index contributed by atoms with van der Waals surface area (Å²) in [4.78, 5) is 11.9. The largest absolute Gasteiger partial charge is 0.409 e. The van der Waals surface area contributed by atoms with Gasteiger partial charge in [0, 0.05) is 5.56 Å². The summed E-state index contributed by atoms with van der Waals surface area (Å²) in [6, 6.07) is 5.30. The lowest BCUT2D eigenvalue weighted by Crippen LogP contribution is -2.55. The van der Waals surface area contributed by atoms with Gasteiger partial charge in [-0.25, -0.2) is 4.39 Å². The Balaban J connectivity index is 2.93. The topological polar surface area (TPSA) is 87.7 Å². The summed E-state index contributed by atoms with van der Waals surface area (Å²) in [5.41, 5.74) is 4.74. The number of carbonyl (C=O) groups excluding carboxylic acids is 1. The highest BCUT2D eigenvalue weighted by Gasteiger charge is 2.29. The zero-order chi connectivity index (χ0) is 13.8. The summed E-state index contributed by atoms with van der Waals surface area (Å²) >= 11 is 0. The lowest BCUT2D eigenvalue weighted by atomic mass is 9.97. The number of nitrogens with one attached hydrogen (secondary N) is 1. The Bertz CT molecular complexity index is 476. The van der Waals surface area contributed by atoms with Crippen LogP contribution in [0, 0.1) is 5.82 Å². The van der Waals surface area contributed by atoms with Crippen LogP contribution in [0.5, 0.6) is 0 Å². The van der Waals surface area contributed by atoms with Crippen LogP contribution in [0.2, 0.25) is 0 Å². The van der Waals surface area contributed by atoms with Crippen LogP contribution in [0.25, 0.3) is 0 Å². The summed E-state index contributed by atoms with van der Waals surface area (Å²) in [6.07, 6.45) is 0.434. The fourth-order valence-electron chi connectivity index (χ4n) is 1.40. The molecule has 5 nitrogen and oxygen atoms in total. The lowest BCUT2D eigenvalue weighted by Gasteiger charge is -2.28. The highest BCUT2D eigenvalue weighted by Crippen LogP contribution is 2.12. The molecule has 1 atom stereocenters. The van der Waals surface area contributed by atoms with E-state index in [0.29, 0.717) is 6.42 Å². The van der Waals surface area contributed by atoms with Crippen molar-refractivity contribution in [2.75, 3.05) is 0 Å². The van der Waals surface area contributed by atoms with Gasteiger partial charge in [0.1, 0.15) is 5.82 Å².